The molecule has 0 unspecified atom stereocenters. The molecular weight excluding hydrogens is 252 g/mol. The molecule has 0 radical (unpaired) electrons. The highest BCUT2D eigenvalue weighted by Crippen LogP contribution is 2.31. The topological polar surface area (TPSA) is 39.4 Å². The Labute approximate surface area is 108 Å². The molecule has 3 rings (SSSR count). The molecule has 0 saturated heterocycles. The molecule has 90 valence electrons. The van der Waals surface area contributed by atoms with Crippen molar-refractivity contribution in [3.63, 3.8) is 0 Å². The molecule has 0 N–H and O–H groups in total. The highest BCUT2D eigenvalue weighted by Gasteiger charge is 2.13. The van der Waals surface area contributed by atoms with Crippen LogP contribution in [0, 0.1) is 0 Å². The zero-order valence-corrected chi connectivity index (χ0v) is 10.1. The average molecular weight is 261 g/mol. The molecule has 0 aliphatic heterocycles. The van der Waals surface area contributed by atoms with Gasteiger partial charge in [-0.05, 0) is 17.7 Å². The molecule has 0 spiro atoms. The molecule has 3 aromatic rings. The van der Waals surface area contributed by atoms with E-state index in [4.69, 9.17) is 16.3 Å². The van der Waals surface area contributed by atoms with Crippen molar-refractivity contribution in [3.05, 3.63) is 48.0 Å². The van der Waals surface area contributed by atoms with Gasteiger partial charge in [-0.3, -0.25) is 4.79 Å². The van der Waals surface area contributed by atoms with Gasteiger partial charge in [0.1, 0.15) is 23.0 Å². The third-order valence-electron chi connectivity index (χ3n) is 2.91. The molecule has 0 amide bonds. The van der Waals surface area contributed by atoms with Crippen LogP contribution in [0.15, 0.2) is 46.9 Å². The maximum Gasteiger partial charge on any atom is 0.329 e. The van der Waals surface area contributed by atoms with Crippen LogP contribution in [0.4, 0.5) is 0 Å². The third-order valence-corrected chi connectivity index (χ3v) is 3.08. The summed E-state index contributed by atoms with van der Waals surface area (Å²) < 4.78 is 9.92. The minimum atomic E-state index is -0.477. The summed E-state index contributed by atoms with van der Waals surface area (Å²) in [4.78, 5) is 11.3. The van der Waals surface area contributed by atoms with Gasteiger partial charge in [-0.25, -0.2) is 0 Å². The minimum absolute atomic E-state index is 0.129. The summed E-state index contributed by atoms with van der Waals surface area (Å²) in [6, 6.07) is 13.3. The first-order valence-electron chi connectivity index (χ1n) is 5.50. The maximum atomic E-state index is 11.3. The molecule has 0 fully saturated rings. The standard InChI is InChI=1S/C14H9ClO3/c15-18-13(16)8-9-4-3-7-12-14(9)10-5-1-2-6-11(10)17-12/h1-7H,8H2. The largest absolute Gasteiger partial charge is 0.456 e. The molecule has 4 heteroatoms. The van der Waals surface area contributed by atoms with Crippen molar-refractivity contribution in [2.24, 2.45) is 0 Å². The van der Waals surface area contributed by atoms with Gasteiger partial charge >= 0.3 is 5.97 Å². The fourth-order valence-electron chi connectivity index (χ4n) is 2.18. The zero-order valence-electron chi connectivity index (χ0n) is 9.35. The third kappa shape index (κ3) is 1.73. The lowest BCUT2D eigenvalue weighted by Gasteiger charge is -2.00. The molecule has 1 heterocycles. The first kappa shape index (κ1) is 11.1. The van der Waals surface area contributed by atoms with Crippen molar-refractivity contribution in [1.29, 1.82) is 0 Å². The van der Waals surface area contributed by atoms with E-state index in [9.17, 15) is 4.79 Å². The van der Waals surface area contributed by atoms with Gasteiger partial charge in [0.15, 0.2) is 0 Å². The van der Waals surface area contributed by atoms with E-state index in [0.29, 0.717) is 0 Å². The SMILES string of the molecule is O=C(Cc1cccc2oc3ccccc3c12)OCl. The number of carbonyl (C=O) groups is 1. The van der Waals surface area contributed by atoms with E-state index in [1.165, 1.54) is 0 Å². The van der Waals surface area contributed by atoms with Crippen LogP contribution in [-0.4, -0.2) is 5.97 Å². The van der Waals surface area contributed by atoms with Crippen molar-refractivity contribution in [2.75, 3.05) is 0 Å². The van der Waals surface area contributed by atoms with E-state index in [0.717, 1.165) is 27.5 Å². The summed E-state index contributed by atoms with van der Waals surface area (Å²) in [5, 5.41) is 1.93. The van der Waals surface area contributed by atoms with Gasteiger partial charge in [0.2, 0.25) is 0 Å². The Morgan fingerprint density at radius 3 is 2.72 bits per heavy atom. The molecule has 18 heavy (non-hydrogen) atoms. The second-order valence-corrected chi connectivity index (χ2v) is 4.17. The van der Waals surface area contributed by atoms with E-state index >= 15 is 0 Å². The summed E-state index contributed by atoms with van der Waals surface area (Å²) >= 11 is 5.07. The lowest BCUT2D eigenvalue weighted by atomic mass is 10.0. The molecule has 0 aliphatic carbocycles. The number of rotatable bonds is 2. The minimum Gasteiger partial charge on any atom is -0.456 e. The Morgan fingerprint density at radius 2 is 1.89 bits per heavy atom. The Morgan fingerprint density at radius 1 is 1.11 bits per heavy atom. The molecule has 0 aliphatic rings. The Kier molecular flexibility index (Phi) is 2.68. The van der Waals surface area contributed by atoms with Gasteiger partial charge in [0, 0.05) is 10.8 Å². The van der Waals surface area contributed by atoms with E-state index in [1.807, 2.05) is 42.5 Å². The zero-order chi connectivity index (χ0) is 12.5. The number of para-hydroxylation sites is 1. The summed E-state index contributed by atoms with van der Waals surface area (Å²) in [5.74, 6) is -0.477. The summed E-state index contributed by atoms with van der Waals surface area (Å²) in [5.41, 5.74) is 2.42. The fourth-order valence-corrected chi connectivity index (χ4v) is 2.23. The van der Waals surface area contributed by atoms with E-state index < -0.39 is 5.97 Å². The van der Waals surface area contributed by atoms with Crippen molar-refractivity contribution in [3.8, 4) is 0 Å². The summed E-state index contributed by atoms with van der Waals surface area (Å²) in [6.45, 7) is 0. The lowest BCUT2D eigenvalue weighted by molar-refractivity contribution is -0.133. The van der Waals surface area contributed by atoms with Crippen LogP contribution in [-0.2, 0) is 15.5 Å². The number of furan rings is 1. The van der Waals surface area contributed by atoms with Gasteiger partial charge in [-0.1, -0.05) is 30.3 Å². The van der Waals surface area contributed by atoms with Crippen LogP contribution >= 0.6 is 11.9 Å². The summed E-state index contributed by atoms with van der Waals surface area (Å²) in [7, 11) is 0. The van der Waals surface area contributed by atoms with Gasteiger partial charge in [-0.15, -0.1) is 0 Å². The lowest BCUT2D eigenvalue weighted by Crippen LogP contribution is -2.01. The molecule has 0 saturated carbocycles. The van der Waals surface area contributed by atoms with Crippen molar-refractivity contribution in [1.82, 2.24) is 0 Å². The molecule has 3 nitrogen and oxygen atoms in total. The van der Waals surface area contributed by atoms with Gasteiger partial charge in [0.05, 0.1) is 6.42 Å². The fraction of sp³-hybridized carbons (Fsp3) is 0.0714. The second-order valence-electron chi connectivity index (χ2n) is 4.01. The highest BCUT2D eigenvalue weighted by atomic mass is 35.5. The van der Waals surface area contributed by atoms with Crippen LogP contribution in [0.1, 0.15) is 5.56 Å². The summed E-state index contributed by atoms with van der Waals surface area (Å²) in [6.07, 6.45) is 0.129. The van der Waals surface area contributed by atoms with Crippen LogP contribution < -0.4 is 0 Å². The number of benzene rings is 2. The molecule has 0 atom stereocenters. The number of hydrogen-bond donors (Lipinski definition) is 0. The van der Waals surface area contributed by atoms with Gasteiger partial charge in [0.25, 0.3) is 0 Å². The van der Waals surface area contributed by atoms with E-state index in [2.05, 4.69) is 4.29 Å². The molecule has 0 bridgehead atoms. The first-order valence-corrected chi connectivity index (χ1v) is 5.81. The Hall–Kier alpha value is -2.00. The average Bonchev–Trinajstić information content (AvgIpc) is 2.78. The smallest absolute Gasteiger partial charge is 0.329 e. The number of halogens is 1. The van der Waals surface area contributed by atoms with E-state index in [-0.39, 0.29) is 6.42 Å². The van der Waals surface area contributed by atoms with Crippen LogP contribution in [0.3, 0.4) is 0 Å². The normalized spacial score (nSPS) is 10.9. The van der Waals surface area contributed by atoms with Crippen molar-refractivity contribution in [2.45, 2.75) is 6.42 Å². The van der Waals surface area contributed by atoms with Crippen LogP contribution in [0.5, 0.6) is 0 Å². The quantitative estimate of drug-likeness (QED) is 0.703. The highest BCUT2D eigenvalue weighted by molar-refractivity contribution is 6.14. The number of hydrogen-bond acceptors (Lipinski definition) is 3. The van der Waals surface area contributed by atoms with E-state index in [1.54, 1.807) is 0 Å². The van der Waals surface area contributed by atoms with Crippen LogP contribution in [0.2, 0.25) is 0 Å². The van der Waals surface area contributed by atoms with Crippen LogP contribution in [0.25, 0.3) is 21.9 Å². The van der Waals surface area contributed by atoms with Crippen molar-refractivity contribution < 1.29 is 13.5 Å². The predicted molar refractivity (Wildman–Crippen MR) is 69.4 cm³/mol. The molecule has 1 aromatic heterocycles. The second kappa shape index (κ2) is 4.35. The van der Waals surface area contributed by atoms with Gasteiger partial charge < -0.3 is 8.71 Å². The predicted octanol–water partition coefficient (Wildman–Crippen LogP) is 3.83. The number of carbonyl (C=O) groups excluding carboxylic acids is 1. The number of fused-ring (bicyclic) bond motifs is 3. The molecular formula is C14H9ClO3. The Bertz CT molecular complexity index is 730. The monoisotopic (exact) mass is 260 g/mol. The van der Waals surface area contributed by atoms with Crippen molar-refractivity contribution >= 4 is 39.8 Å². The molecule has 2 aromatic carbocycles. The first-order chi connectivity index (χ1) is 8.79. The van der Waals surface area contributed by atoms with Gasteiger partial charge in [-0.2, -0.15) is 0 Å². The Balaban J connectivity index is 2.28. The maximum absolute atomic E-state index is 11.3.